The first-order valence-corrected chi connectivity index (χ1v) is 18.6. The van der Waals surface area contributed by atoms with Gasteiger partial charge in [-0.15, -0.1) is 0 Å². The molecule has 54 heavy (non-hydrogen) atoms. The molecule has 8 aromatic carbocycles. The second kappa shape index (κ2) is 12.9. The minimum Gasteiger partial charge on any atom is -0.258 e. The van der Waals surface area contributed by atoms with E-state index in [9.17, 15) is 0 Å². The van der Waals surface area contributed by atoms with Gasteiger partial charge in [-0.2, -0.15) is 0 Å². The molecule has 10 rings (SSSR count). The Kier molecular flexibility index (Phi) is 7.63. The molecule has 0 fully saturated rings. The summed E-state index contributed by atoms with van der Waals surface area (Å²) in [5.74, 6) is 0. The average molecular weight is 689 g/mol. The van der Waals surface area contributed by atoms with Crippen LogP contribution < -0.4 is 0 Å². The molecule has 0 unspecified atom stereocenters. The zero-order valence-electron chi connectivity index (χ0n) is 30.2. The second-order valence-corrected chi connectivity index (χ2v) is 14.3. The van der Waals surface area contributed by atoms with Crippen LogP contribution in [0.15, 0.2) is 182 Å². The van der Waals surface area contributed by atoms with Crippen molar-refractivity contribution in [2.75, 3.05) is 0 Å². The molecule has 0 saturated carbocycles. The summed E-state index contributed by atoms with van der Waals surface area (Å²) in [6.45, 7) is 4.15. The Labute approximate surface area is 315 Å². The van der Waals surface area contributed by atoms with E-state index in [1.165, 1.54) is 54.2 Å². The van der Waals surface area contributed by atoms with Crippen LogP contribution >= 0.6 is 0 Å². The molecule has 10 aromatic rings. The lowest BCUT2D eigenvalue weighted by Gasteiger charge is -2.17. The van der Waals surface area contributed by atoms with E-state index in [1.807, 2.05) is 0 Å². The van der Waals surface area contributed by atoms with Crippen molar-refractivity contribution in [1.29, 1.82) is 0 Å². The largest absolute Gasteiger partial charge is 0.258 e. The SMILES string of the molecule is Cc1cc(-c2cc(-c3cc(-c4cccc5ccccc45)cc(-c4cccc5ccccc45)n3)cc(-c3cc4ccccc4c4ccccc34)c2)cc(C)n1. The van der Waals surface area contributed by atoms with Gasteiger partial charge in [-0.3, -0.25) is 4.98 Å². The molecule has 0 aliphatic carbocycles. The van der Waals surface area contributed by atoms with Crippen LogP contribution in [0.4, 0.5) is 0 Å². The normalized spacial score (nSPS) is 11.5. The Hall–Kier alpha value is -6.90. The van der Waals surface area contributed by atoms with Crippen molar-refractivity contribution in [2.24, 2.45) is 0 Å². The van der Waals surface area contributed by atoms with E-state index in [4.69, 9.17) is 9.97 Å². The quantitative estimate of drug-likeness (QED) is 0.168. The summed E-state index contributed by atoms with van der Waals surface area (Å²) in [4.78, 5) is 10.3. The van der Waals surface area contributed by atoms with Crippen molar-refractivity contribution in [3.63, 3.8) is 0 Å². The monoisotopic (exact) mass is 688 g/mol. The number of benzene rings is 8. The van der Waals surface area contributed by atoms with Gasteiger partial charge in [-0.05, 0) is 139 Å². The van der Waals surface area contributed by atoms with Crippen molar-refractivity contribution >= 4 is 43.1 Å². The summed E-state index contributed by atoms with van der Waals surface area (Å²) >= 11 is 0. The fourth-order valence-corrected chi connectivity index (χ4v) is 8.29. The number of pyridine rings is 2. The molecule has 0 saturated heterocycles. The number of hydrogen-bond donors (Lipinski definition) is 0. The van der Waals surface area contributed by atoms with Gasteiger partial charge < -0.3 is 0 Å². The van der Waals surface area contributed by atoms with Gasteiger partial charge >= 0.3 is 0 Å². The number of rotatable bonds is 5. The smallest absolute Gasteiger partial charge is 0.0721 e. The van der Waals surface area contributed by atoms with Crippen LogP contribution in [-0.2, 0) is 0 Å². The Morgan fingerprint density at radius 3 is 1.48 bits per heavy atom. The van der Waals surface area contributed by atoms with Crippen molar-refractivity contribution in [3.8, 4) is 55.9 Å². The minimum absolute atomic E-state index is 0.930. The maximum Gasteiger partial charge on any atom is 0.0721 e. The summed E-state index contributed by atoms with van der Waals surface area (Å²) in [6, 6.07) is 66.1. The van der Waals surface area contributed by atoms with Gasteiger partial charge in [0, 0.05) is 22.5 Å². The molecule has 0 N–H and O–H groups in total. The van der Waals surface area contributed by atoms with E-state index in [1.54, 1.807) is 0 Å². The molecular formula is C52H36N2. The fourth-order valence-electron chi connectivity index (χ4n) is 8.29. The van der Waals surface area contributed by atoms with Crippen LogP contribution in [0.1, 0.15) is 11.4 Å². The third-order valence-corrected chi connectivity index (χ3v) is 10.7. The molecule has 0 amide bonds. The maximum absolute atomic E-state index is 5.53. The van der Waals surface area contributed by atoms with Crippen LogP contribution in [0, 0.1) is 13.8 Å². The van der Waals surface area contributed by atoms with Crippen molar-refractivity contribution in [1.82, 2.24) is 9.97 Å². The van der Waals surface area contributed by atoms with Crippen molar-refractivity contribution < 1.29 is 0 Å². The molecule has 0 atom stereocenters. The molecule has 0 spiro atoms. The molecule has 2 heterocycles. The first kappa shape index (κ1) is 31.8. The van der Waals surface area contributed by atoms with E-state index >= 15 is 0 Å². The number of aromatic nitrogens is 2. The molecule has 2 aromatic heterocycles. The fraction of sp³-hybridized carbons (Fsp3) is 0.0385. The summed E-state index contributed by atoms with van der Waals surface area (Å²) in [5.41, 5.74) is 13.0. The van der Waals surface area contributed by atoms with Gasteiger partial charge in [0.2, 0.25) is 0 Å². The number of aryl methyl sites for hydroxylation is 2. The predicted molar refractivity (Wildman–Crippen MR) is 229 cm³/mol. The maximum atomic E-state index is 5.53. The van der Waals surface area contributed by atoms with Crippen LogP contribution in [0.2, 0.25) is 0 Å². The summed E-state index contributed by atoms with van der Waals surface area (Å²) in [6.07, 6.45) is 0. The zero-order valence-corrected chi connectivity index (χ0v) is 30.2. The van der Waals surface area contributed by atoms with Gasteiger partial charge in [0.25, 0.3) is 0 Å². The molecule has 0 bridgehead atoms. The van der Waals surface area contributed by atoms with Crippen LogP contribution in [0.3, 0.4) is 0 Å². The van der Waals surface area contributed by atoms with E-state index < -0.39 is 0 Å². The highest BCUT2D eigenvalue weighted by atomic mass is 14.7. The van der Waals surface area contributed by atoms with Crippen LogP contribution in [0.25, 0.3) is 99.0 Å². The Morgan fingerprint density at radius 1 is 0.278 bits per heavy atom. The first-order chi connectivity index (χ1) is 26.6. The highest BCUT2D eigenvalue weighted by Crippen LogP contribution is 2.41. The summed E-state index contributed by atoms with van der Waals surface area (Å²) in [7, 11) is 0. The van der Waals surface area contributed by atoms with E-state index in [2.05, 4.69) is 196 Å². The van der Waals surface area contributed by atoms with Crippen molar-refractivity contribution in [3.05, 3.63) is 193 Å². The molecule has 0 aliphatic rings. The number of nitrogens with zero attached hydrogens (tertiary/aromatic N) is 2. The topological polar surface area (TPSA) is 25.8 Å². The lowest BCUT2D eigenvalue weighted by molar-refractivity contribution is 1.12. The lowest BCUT2D eigenvalue weighted by Crippen LogP contribution is -1.95. The molecule has 0 radical (unpaired) electrons. The van der Waals surface area contributed by atoms with Gasteiger partial charge in [-0.25, -0.2) is 4.98 Å². The molecule has 0 aliphatic heterocycles. The van der Waals surface area contributed by atoms with Crippen molar-refractivity contribution in [2.45, 2.75) is 13.8 Å². The number of hydrogen-bond acceptors (Lipinski definition) is 2. The van der Waals surface area contributed by atoms with Crippen LogP contribution in [0.5, 0.6) is 0 Å². The highest BCUT2D eigenvalue weighted by molar-refractivity contribution is 6.14. The van der Waals surface area contributed by atoms with E-state index in [0.717, 1.165) is 56.2 Å². The molecular weight excluding hydrogens is 653 g/mol. The van der Waals surface area contributed by atoms with E-state index in [0.29, 0.717) is 0 Å². The number of fused-ring (bicyclic) bond motifs is 5. The first-order valence-electron chi connectivity index (χ1n) is 18.6. The van der Waals surface area contributed by atoms with Gasteiger partial charge in [-0.1, -0.05) is 133 Å². The predicted octanol–water partition coefficient (Wildman–Crippen LogP) is 14.0. The van der Waals surface area contributed by atoms with E-state index in [-0.39, 0.29) is 0 Å². The Morgan fingerprint density at radius 2 is 0.759 bits per heavy atom. The Balaban J connectivity index is 1.28. The molecule has 2 heteroatoms. The third kappa shape index (κ3) is 5.60. The molecule has 254 valence electrons. The summed E-state index contributed by atoms with van der Waals surface area (Å²) < 4.78 is 0. The van der Waals surface area contributed by atoms with Gasteiger partial charge in [0.05, 0.1) is 11.4 Å². The molecule has 2 nitrogen and oxygen atoms in total. The lowest BCUT2D eigenvalue weighted by atomic mass is 9.89. The second-order valence-electron chi connectivity index (χ2n) is 14.3. The summed E-state index contributed by atoms with van der Waals surface area (Å²) in [5, 5.41) is 9.80. The van der Waals surface area contributed by atoms with Gasteiger partial charge in [0.15, 0.2) is 0 Å². The average Bonchev–Trinajstić information content (AvgIpc) is 3.22. The Bertz CT molecular complexity index is 2950. The standard InChI is InChI=1S/C52H36N2/c1-33-25-38(26-34(2)53-33)39-27-40(50-30-37-15-5-8-20-45(37)47-21-9-10-22-48(47)50)29-42(28-39)51-31-41(46-23-11-16-35-13-3-6-18-43(35)46)32-52(54-51)49-24-12-17-36-14-4-7-19-44(36)49/h3-32H,1-2H3. The zero-order chi connectivity index (χ0) is 36.2. The van der Waals surface area contributed by atoms with Crippen LogP contribution in [-0.4, -0.2) is 9.97 Å². The third-order valence-electron chi connectivity index (χ3n) is 10.7. The highest BCUT2D eigenvalue weighted by Gasteiger charge is 2.17. The van der Waals surface area contributed by atoms with Gasteiger partial charge in [0.1, 0.15) is 0 Å². The minimum atomic E-state index is 0.930.